The highest BCUT2D eigenvalue weighted by atomic mass is 31.2. The standard InChI is InChI=1S/C13H18O9P2/c1-2-22-13(15)10(12(14)9-6-4-3-5-7-9)8-11(23(16,17)18)24(19,20)21/h3-7,10-11H,2,8H2,1H3,(H2,16,17,18)(H2,19,20,21). The minimum atomic E-state index is -5.26. The quantitative estimate of drug-likeness (QED) is 0.224. The second-order valence-corrected chi connectivity index (χ2v) is 8.94. The predicted molar refractivity (Wildman–Crippen MR) is 83.4 cm³/mol. The molecule has 0 aliphatic heterocycles. The van der Waals surface area contributed by atoms with E-state index in [0.29, 0.717) is 0 Å². The molecule has 1 unspecified atom stereocenters. The summed E-state index contributed by atoms with van der Waals surface area (Å²) in [6.45, 7) is 1.36. The lowest BCUT2D eigenvalue weighted by molar-refractivity contribution is -0.146. The second kappa shape index (κ2) is 8.16. The maximum Gasteiger partial charge on any atom is 0.340 e. The molecule has 0 aliphatic rings. The maximum atomic E-state index is 12.4. The lowest BCUT2D eigenvalue weighted by Gasteiger charge is -2.23. The molecule has 1 rings (SSSR count). The van der Waals surface area contributed by atoms with Gasteiger partial charge in [-0.15, -0.1) is 0 Å². The molecule has 0 fully saturated rings. The molecule has 4 N–H and O–H groups in total. The van der Waals surface area contributed by atoms with Crippen LogP contribution in [-0.4, -0.2) is 43.3 Å². The summed E-state index contributed by atoms with van der Waals surface area (Å²) < 4.78 is 27.5. The summed E-state index contributed by atoms with van der Waals surface area (Å²) in [4.78, 5) is 61.2. The van der Waals surface area contributed by atoms with Crippen LogP contribution in [0.1, 0.15) is 23.7 Å². The lowest BCUT2D eigenvalue weighted by Crippen LogP contribution is -2.30. The SMILES string of the molecule is CCOC(=O)C(CC(P(=O)(O)O)P(=O)(O)O)C(=O)c1ccccc1. The second-order valence-electron chi connectivity index (χ2n) is 4.93. The topological polar surface area (TPSA) is 158 Å². The Morgan fingerprint density at radius 2 is 1.54 bits per heavy atom. The summed E-state index contributed by atoms with van der Waals surface area (Å²) in [6, 6.07) is 7.39. The molecule has 0 radical (unpaired) electrons. The van der Waals surface area contributed by atoms with Gasteiger partial charge in [-0.1, -0.05) is 30.3 Å². The Hall–Kier alpha value is -1.34. The Morgan fingerprint density at radius 3 is 1.96 bits per heavy atom. The highest BCUT2D eigenvalue weighted by molar-refractivity contribution is 7.70. The van der Waals surface area contributed by atoms with E-state index in [-0.39, 0.29) is 12.2 Å². The first-order valence-electron chi connectivity index (χ1n) is 6.84. The molecule has 1 aromatic rings. The molecule has 1 aromatic carbocycles. The molecule has 134 valence electrons. The van der Waals surface area contributed by atoms with Gasteiger partial charge in [-0.25, -0.2) is 0 Å². The molecule has 0 saturated carbocycles. The van der Waals surface area contributed by atoms with Crippen molar-refractivity contribution in [3.63, 3.8) is 0 Å². The molecule has 0 saturated heterocycles. The third-order valence-electron chi connectivity index (χ3n) is 3.17. The van der Waals surface area contributed by atoms with Gasteiger partial charge in [0.2, 0.25) is 0 Å². The number of esters is 1. The smallest absolute Gasteiger partial charge is 0.340 e. The van der Waals surface area contributed by atoms with Crippen LogP contribution < -0.4 is 0 Å². The summed E-state index contributed by atoms with van der Waals surface area (Å²) in [6.07, 6.45) is -1.03. The van der Waals surface area contributed by atoms with E-state index in [9.17, 15) is 38.3 Å². The van der Waals surface area contributed by atoms with E-state index in [1.54, 1.807) is 6.07 Å². The van der Waals surface area contributed by atoms with Crippen molar-refractivity contribution < 1.29 is 43.0 Å². The van der Waals surface area contributed by atoms with E-state index >= 15 is 0 Å². The zero-order valence-corrected chi connectivity index (χ0v) is 14.5. The zero-order chi connectivity index (χ0) is 18.5. The van der Waals surface area contributed by atoms with Gasteiger partial charge < -0.3 is 24.3 Å². The summed E-state index contributed by atoms with van der Waals surface area (Å²) in [5.41, 5.74) is 0.0609. The van der Waals surface area contributed by atoms with Crippen LogP contribution in [0.15, 0.2) is 30.3 Å². The van der Waals surface area contributed by atoms with Crippen molar-refractivity contribution in [3.8, 4) is 0 Å². The summed E-state index contributed by atoms with van der Waals surface area (Å²) in [5.74, 6) is -3.67. The van der Waals surface area contributed by atoms with Crippen molar-refractivity contribution in [3.05, 3.63) is 35.9 Å². The lowest BCUT2D eigenvalue weighted by atomic mass is 9.95. The fraction of sp³-hybridized carbons (Fsp3) is 0.385. The molecular weight excluding hydrogens is 362 g/mol. The first-order valence-corrected chi connectivity index (χ1v) is 10.2. The van der Waals surface area contributed by atoms with Crippen LogP contribution >= 0.6 is 15.2 Å². The van der Waals surface area contributed by atoms with Crippen molar-refractivity contribution in [1.82, 2.24) is 0 Å². The van der Waals surface area contributed by atoms with Gasteiger partial charge >= 0.3 is 21.2 Å². The first-order chi connectivity index (χ1) is 11.0. The van der Waals surface area contributed by atoms with Gasteiger partial charge in [-0.3, -0.25) is 18.7 Å². The van der Waals surface area contributed by atoms with Gasteiger partial charge in [0.1, 0.15) is 5.92 Å². The van der Waals surface area contributed by atoms with E-state index < -0.39 is 44.7 Å². The Bertz CT molecular complexity index is 654. The van der Waals surface area contributed by atoms with Crippen LogP contribution in [-0.2, 0) is 18.7 Å². The van der Waals surface area contributed by atoms with Gasteiger partial charge in [0, 0.05) is 5.56 Å². The molecule has 0 heterocycles. The number of Topliss-reactive ketones (excluding diaryl/α,β-unsaturated/α-hetero) is 1. The van der Waals surface area contributed by atoms with Gasteiger partial charge in [0.25, 0.3) is 0 Å². The normalized spacial score (nSPS) is 13.6. The van der Waals surface area contributed by atoms with E-state index in [1.165, 1.54) is 31.2 Å². The Labute approximate surface area is 138 Å². The number of hydrogen-bond acceptors (Lipinski definition) is 5. The number of ether oxygens (including phenoxy) is 1. The third kappa shape index (κ3) is 5.63. The molecule has 0 bridgehead atoms. The number of benzene rings is 1. The third-order valence-corrected chi connectivity index (χ3v) is 6.95. The largest absolute Gasteiger partial charge is 0.465 e. The van der Waals surface area contributed by atoms with Gasteiger partial charge in [0.05, 0.1) is 6.61 Å². The van der Waals surface area contributed by atoms with Crippen molar-refractivity contribution in [2.75, 3.05) is 6.61 Å². The summed E-state index contributed by atoms with van der Waals surface area (Å²) in [7, 11) is -10.5. The van der Waals surface area contributed by atoms with Crippen LogP contribution in [0.4, 0.5) is 0 Å². The number of rotatable bonds is 8. The molecule has 24 heavy (non-hydrogen) atoms. The average Bonchev–Trinajstić information content (AvgIpc) is 2.45. The van der Waals surface area contributed by atoms with Crippen LogP contribution in [0.3, 0.4) is 0 Å². The molecule has 0 aliphatic carbocycles. The van der Waals surface area contributed by atoms with Crippen LogP contribution in [0.25, 0.3) is 0 Å². The maximum absolute atomic E-state index is 12.4. The first kappa shape index (κ1) is 20.7. The molecule has 0 spiro atoms. The molecule has 11 heteroatoms. The van der Waals surface area contributed by atoms with E-state index in [2.05, 4.69) is 0 Å². The highest BCUT2D eigenvalue weighted by Crippen LogP contribution is 2.62. The summed E-state index contributed by atoms with van der Waals surface area (Å²) >= 11 is 0. The van der Waals surface area contributed by atoms with E-state index in [0.717, 1.165) is 0 Å². The number of ketones is 1. The fourth-order valence-corrected chi connectivity index (χ4v) is 4.58. The molecule has 0 aromatic heterocycles. The van der Waals surface area contributed by atoms with Gasteiger partial charge in [0.15, 0.2) is 11.2 Å². The molecular formula is C13H18O9P2. The van der Waals surface area contributed by atoms with Crippen LogP contribution in [0.5, 0.6) is 0 Å². The Morgan fingerprint density at radius 1 is 1.04 bits per heavy atom. The van der Waals surface area contributed by atoms with Crippen molar-refractivity contribution in [1.29, 1.82) is 0 Å². The fourth-order valence-electron chi connectivity index (χ4n) is 2.04. The monoisotopic (exact) mass is 380 g/mol. The van der Waals surface area contributed by atoms with Crippen molar-refractivity contribution in [2.24, 2.45) is 5.92 Å². The number of carbonyl (C=O) groups excluding carboxylic acids is 2. The Kier molecular flexibility index (Phi) is 7.04. The van der Waals surface area contributed by atoms with E-state index in [1.807, 2.05) is 0 Å². The highest BCUT2D eigenvalue weighted by Gasteiger charge is 2.47. The molecule has 0 amide bonds. The molecule has 1 atom stereocenters. The number of hydrogen-bond donors (Lipinski definition) is 4. The van der Waals surface area contributed by atoms with Crippen LogP contribution in [0, 0.1) is 5.92 Å². The van der Waals surface area contributed by atoms with E-state index in [4.69, 9.17) is 4.74 Å². The summed E-state index contributed by atoms with van der Waals surface area (Å²) in [5, 5.41) is -2.47. The van der Waals surface area contributed by atoms with Crippen molar-refractivity contribution >= 4 is 26.9 Å². The number of carbonyl (C=O) groups is 2. The zero-order valence-electron chi connectivity index (χ0n) is 12.7. The minimum absolute atomic E-state index is 0.0609. The Balaban J connectivity index is 3.24. The van der Waals surface area contributed by atoms with Gasteiger partial charge in [-0.05, 0) is 13.3 Å². The van der Waals surface area contributed by atoms with Crippen molar-refractivity contribution in [2.45, 2.75) is 18.7 Å². The molecule has 9 nitrogen and oxygen atoms in total. The predicted octanol–water partition coefficient (Wildman–Crippen LogP) is 1.12. The minimum Gasteiger partial charge on any atom is -0.465 e. The average molecular weight is 380 g/mol. The van der Waals surface area contributed by atoms with Gasteiger partial charge in [-0.2, -0.15) is 0 Å². The van der Waals surface area contributed by atoms with Crippen LogP contribution in [0.2, 0.25) is 0 Å².